The fourth-order valence-corrected chi connectivity index (χ4v) is 0.736. The molecule has 0 spiro atoms. The Morgan fingerprint density at radius 1 is 1.38 bits per heavy atom. The molecule has 5 heteroatoms. The summed E-state index contributed by atoms with van der Waals surface area (Å²) in [6.45, 7) is 3.65. The molecule has 2 N–H and O–H groups in total. The highest BCUT2D eigenvalue weighted by atomic mass is 35.5. The minimum atomic E-state index is 0. The highest BCUT2D eigenvalue weighted by molar-refractivity contribution is 5.85. The molecule has 0 aromatic heterocycles. The van der Waals surface area contributed by atoms with Crippen LogP contribution in [0.1, 0.15) is 13.3 Å². The van der Waals surface area contributed by atoms with Crippen LogP contribution in [-0.4, -0.2) is 39.4 Å². The molecule has 0 amide bonds. The molecule has 0 radical (unpaired) electrons. The molecular weight excluding hydrogens is 188 g/mol. The summed E-state index contributed by atoms with van der Waals surface area (Å²) < 4.78 is 0. The van der Waals surface area contributed by atoms with Crippen LogP contribution in [0.15, 0.2) is 9.98 Å². The molecule has 0 aliphatic rings. The molecule has 13 heavy (non-hydrogen) atoms. The van der Waals surface area contributed by atoms with Crippen molar-refractivity contribution < 1.29 is 0 Å². The standard InChI is InChI=1S/C8H18N4.ClH/c1-4-11-7-12-8(10-3)5-6-9-2;/h8-10H,4-6H2,1-3H3;1H. The molecule has 0 fully saturated rings. The maximum absolute atomic E-state index is 4.10. The van der Waals surface area contributed by atoms with Crippen molar-refractivity contribution in [2.75, 3.05) is 27.2 Å². The van der Waals surface area contributed by atoms with Gasteiger partial charge in [0.1, 0.15) is 6.17 Å². The summed E-state index contributed by atoms with van der Waals surface area (Å²) in [6.07, 6.45) is 1.09. The number of hydrogen-bond acceptors (Lipinski definition) is 4. The van der Waals surface area contributed by atoms with Crippen molar-refractivity contribution >= 4 is 18.4 Å². The van der Waals surface area contributed by atoms with Gasteiger partial charge < -0.3 is 5.32 Å². The van der Waals surface area contributed by atoms with E-state index >= 15 is 0 Å². The van der Waals surface area contributed by atoms with Crippen LogP contribution in [0, 0.1) is 0 Å². The second kappa shape index (κ2) is 11.6. The third-order valence-electron chi connectivity index (χ3n) is 1.44. The quantitative estimate of drug-likeness (QED) is 0.631. The van der Waals surface area contributed by atoms with Crippen LogP contribution in [0.5, 0.6) is 0 Å². The highest BCUT2D eigenvalue weighted by Gasteiger charge is 1.99. The number of hydrogen-bond donors (Lipinski definition) is 2. The Bertz CT molecular complexity index is 154. The number of nitrogens with zero attached hydrogens (tertiary/aromatic N) is 2. The lowest BCUT2D eigenvalue weighted by Crippen LogP contribution is -2.26. The molecule has 0 aliphatic heterocycles. The van der Waals surface area contributed by atoms with E-state index in [4.69, 9.17) is 0 Å². The second-order valence-electron chi connectivity index (χ2n) is 2.40. The minimum Gasteiger partial charge on any atom is -0.320 e. The van der Waals surface area contributed by atoms with Crippen LogP contribution in [0.3, 0.4) is 0 Å². The van der Waals surface area contributed by atoms with E-state index in [1.807, 2.05) is 21.0 Å². The van der Waals surface area contributed by atoms with Gasteiger partial charge in [0.05, 0.1) is 6.01 Å². The van der Waals surface area contributed by atoms with Gasteiger partial charge in [0, 0.05) is 6.54 Å². The van der Waals surface area contributed by atoms with E-state index in [1.165, 1.54) is 0 Å². The fourth-order valence-electron chi connectivity index (χ4n) is 0.736. The van der Waals surface area contributed by atoms with Crippen molar-refractivity contribution in [2.45, 2.75) is 19.5 Å². The van der Waals surface area contributed by atoms with Crippen molar-refractivity contribution in [1.29, 1.82) is 0 Å². The Kier molecular flexibility index (Phi) is 13.4. The van der Waals surface area contributed by atoms with Crippen molar-refractivity contribution in [2.24, 2.45) is 9.98 Å². The van der Waals surface area contributed by atoms with Gasteiger partial charge in [-0.3, -0.25) is 5.32 Å². The zero-order chi connectivity index (χ0) is 9.23. The first kappa shape index (κ1) is 15.1. The summed E-state index contributed by atoms with van der Waals surface area (Å²) in [6, 6.07) is 2.65. The van der Waals surface area contributed by atoms with Crippen LogP contribution in [0.4, 0.5) is 0 Å². The Labute approximate surface area is 86.3 Å². The van der Waals surface area contributed by atoms with E-state index in [0.717, 1.165) is 19.5 Å². The van der Waals surface area contributed by atoms with Gasteiger partial charge in [0.2, 0.25) is 0 Å². The molecule has 0 saturated heterocycles. The lowest BCUT2D eigenvalue weighted by Gasteiger charge is -2.07. The van der Waals surface area contributed by atoms with Gasteiger partial charge in [0.25, 0.3) is 0 Å². The largest absolute Gasteiger partial charge is 0.320 e. The summed E-state index contributed by atoms with van der Waals surface area (Å²) in [5, 5.41) is 6.13. The van der Waals surface area contributed by atoms with Gasteiger partial charge >= 0.3 is 0 Å². The SMILES string of the molecule is CCN=C=NC(CCNC)NC.Cl. The van der Waals surface area contributed by atoms with Crippen LogP contribution in [-0.2, 0) is 0 Å². The third kappa shape index (κ3) is 9.50. The molecule has 4 nitrogen and oxygen atoms in total. The lowest BCUT2D eigenvalue weighted by molar-refractivity contribution is 0.531. The Balaban J connectivity index is 0. The van der Waals surface area contributed by atoms with Crippen LogP contribution >= 0.6 is 12.4 Å². The maximum Gasteiger partial charge on any atom is 0.111 e. The van der Waals surface area contributed by atoms with Gasteiger partial charge in [0.15, 0.2) is 0 Å². The van der Waals surface area contributed by atoms with E-state index in [-0.39, 0.29) is 18.6 Å². The summed E-state index contributed by atoms with van der Waals surface area (Å²) >= 11 is 0. The van der Waals surface area contributed by atoms with E-state index in [1.54, 1.807) is 0 Å². The van der Waals surface area contributed by atoms with Crippen molar-refractivity contribution in [1.82, 2.24) is 10.6 Å². The Morgan fingerprint density at radius 2 is 2.08 bits per heavy atom. The molecule has 1 atom stereocenters. The zero-order valence-corrected chi connectivity index (χ0v) is 9.32. The number of nitrogens with one attached hydrogen (secondary N) is 2. The summed E-state index contributed by atoms with van der Waals surface area (Å²) in [7, 11) is 3.81. The van der Waals surface area contributed by atoms with Gasteiger partial charge in [-0.05, 0) is 34.0 Å². The third-order valence-corrected chi connectivity index (χ3v) is 1.44. The van der Waals surface area contributed by atoms with E-state index in [2.05, 4.69) is 26.6 Å². The molecule has 78 valence electrons. The second-order valence-corrected chi connectivity index (χ2v) is 2.40. The first-order valence-electron chi connectivity index (χ1n) is 4.28. The smallest absolute Gasteiger partial charge is 0.111 e. The normalized spacial score (nSPS) is 11.0. The van der Waals surface area contributed by atoms with Crippen molar-refractivity contribution in [3.63, 3.8) is 0 Å². The molecule has 0 rings (SSSR count). The molecule has 0 saturated carbocycles. The van der Waals surface area contributed by atoms with Gasteiger partial charge in [-0.2, -0.15) is 0 Å². The summed E-state index contributed by atoms with van der Waals surface area (Å²) in [4.78, 5) is 7.99. The number of aliphatic imine (C=N–C) groups is 2. The Morgan fingerprint density at radius 3 is 2.54 bits per heavy atom. The molecule has 0 heterocycles. The predicted molar refractivity (Wildman–Crippen MR) is 59.0 cm³/mol. The van der Waals surface area contributed by atoms with Crippen molar-refractivity contribution in [3.05, 3.63) is 0 Å². The first-order valence-corrected chi connectivity index (χ1v) is 4.28. The average molecular weight is 207 g/mol. The van der Waals surface area contributed by atoms with Gasteiger partial charge in [-0.25, -0.2) is 9.98 Å². The summed E-state index contributed by atoms with van der Waals surface area (Å²) in [5.41, 5.74) is 0. The van der Waals surface area contributed by atoms with Crippen LogP contribution < -0.4 is 10.6 Å². The van der Waals surface area contributed by atoms with Crippen LogP contribution in [0.2, 0.25) is 0 Å². The highest BCUT2D eigenvalue weighted by Crippen LogP contribution is 1.89. The van der Waals surface area contributed by atoms with Crippen LogP contribution in [0.25, 0.3) is 0 Å². The molecule has 1 unspecified atom stereocenters. The minimum absolute atomic E-state index is 0. The molecule has 0 aromatic carbocycles. The first-order chi connectivity index (χ1) is 5.85. The number of rotatable bonds is 6. The predicted octanol–water partition coefficient (Wildman–Crippen LogP) is 0.757. The lowest BCUT2D eigenvalue weighted by atomic mass is 10.3. The molecule has 0 bridgehead atoms. The average Bonchev–Trinajstić information content (AvgIpc) is 2.11. The van der Waals surface area contributed by atoms with Gasteiger partial charge in [-0.1, -0.05) is 0 Å². The fraction of sp³-hybridized carbons (Fsp3) is 0.875. The van der Waals surface area contributed by atoms with E-state index in [9.17, 15) is 0 Å². The Hall–Kier alpha value is -0.410. The van der Waals surface area contributed by atoms with E-state index in [0.29, 0.717) is 0 Å². The zero-order valence-electron chi connectivity index (χ0n) is 8.50. The topological polar surface area (TPSA) is 48.8 Å². The molecular formula is C8H19ClN4. The molecule has 0 aromatic rings. The monoisotopic (exact) mass is 206 g/mol. The number of halogens is 1. The maximum atomic E-state index is 4.10. The summed E-state index contributed by atoms with van der Waals surface area (Å²) in [5.74, 6) is 0. The van der Waals surface area contributed by atoms with Gasteiger partial charge in [-0.15, -0.1) is 12.4 Å². The van der Waals surface area contributed by atoms with E-state index < -0.39 is 0 Å². The van der Waals surface area contributed by atoms with Crippen molar-refractivity contribution in [3.8, 4) is 0 Å². The molecule has 0 aliphatic carbocycles.